The lowest BCUT2D eigenvalue weighted by atomic mass is 9.43. The summed E-state index contributed by atoms with van der Waals surface area (Å²) in [6, 6.07) is 0. The Hall–Kier alpha value is -1.23. The largest absolute Gasteiger partial charge is 0.458 e. The molecule has 7 aliphatic rings. The van der Waals surface area contributed by atoms with Crippen LogP contribution in [0.4, 0.5) is 0 Å². The molecule has 0 radical (unpaired) electrons. The molecule has 0 spiro atoms. The first kappa shape index (κ1) is 36.1. The minimum absolute atomic E-state index is 0.0296. The van der Waals surface area contributed by atoms with Crippen LogP contribution in [0.2, 0.25) is 0 Å². The lowest BCUT2D eigenvalue weighted by molar-refractivity contribution is -0.372. The van der Waals surface area contributed by atoms with Gasteiger partial charge in [-0.05, 0) is 99.4 Å². The van der Waals surface area contributed by atoms with Crippen LogP contribution in [-0.2, 0) is 33.2 Å². The number of methoxy groups -OCH3 is 1. The summed E-state index contributed by atoms with van der Waals surface area (Å²) in [4.78, 5) is 11.9. The van der Waals surface area contributed by atoms with Gasteiger partial charge in [-0.3, -0.25) is 0 Å². The fourth-order valence-corrected chi connectivity index (χ4v) is 11.5. The number of hydrogen-bond donors (Lipinski definition) is 6. The molecule has 13 heteroatoms. The summed E-state index contributed by atoms with van der Waals surface area (Å²) < 4.78 is 35.5. The third-order valence-corrected chi connectivity index (χ3v) is 14.4. The van der Waals surface area contributed by atoms with E-state index in [0.717, 1.165) is 63.4 Å². The predicted molar refractivity (Wildman–Crippen MR) is 170 cm³/mol. The maximum atomic E-state index is 12.6. The van der Waals surface area contributed by atoms with Crippen molar-refractivity contribution < 1.29 is 63.9 Å². The second-order valence-electron chi connectivity index (χ2n) is 16.5. The van der Waals surface area contributed by atoms with Crippen LogP contribution in [-0.4, -0.2) is 130 Å². The van der Waals surface area contributed by atoms with Gasteiger partial charge in [0.1, 0.15) is 49.3 Å². The molecule has 4 unspecified atom stereocenters. The zero-order chi connectivity index (χ0) is 35.0. The molecular weight excluding hydrogens is 640 g/mol. The lowest BCUT2D eigenvalue weighted by Crippen LogP contribution is -2.65. The van der Waals surface area contributed by atoms with Crippen LogP contribution in [0, 0.1) is 34.5 Å². The molecule has 49 heavy (non-hydrogen) atoms. The number of fused-ring (bicyclic) bond motifs is 5. The average Bonchev–Trinajstić information content (AvgIpc) is 3.62. The van der Waals surface area contributed by atoms with E-state index in [2.05, 4.69) is 13.8 Å². The first-order valence-corrected chi connectivity index (χ1v) is 18.3. The number of aliphatic hydroxyl groups is 6. The molecule has 6 fully saturated rings. The van der Waals surface area contributed by atoms with Gasteiger partial charge < -0.3 is 59.1 Å². The highest BCUT2D eigenvalue weighted by Gasteiger charge is 2.68. The van der Waals surface area contributed by atoms with E-state index in [1.807, 2.05) is 0 Å². The Morgan fingerprint density at radius 3 is 2.33 bits per heavy atom. The van der Waals surface area contributed by atoms with Crippen molar-refractivity contribution in [3.8, 4) is 0 Å². The van der Waals surface area contributed by atoms with E-state index >= 15 is 0 Å². The molecule has 4 saturated carbocycles. The Balaban J connectivity index is 1.05. The number of ether oxygens (including phenoxy) is 6. The summed E-state index contributed by atoms with van der Waals surface area (Å²) in [5.74, 6) is 0.821. The average molecular weight is 697 g/mol. The van der Waals surface area contributed by atoms with Crippen LogP contribution in [0.5, 0.6) is 0 Å². The van der Waals surface area contributed by atoms with Gasteiger partial charge in [-0.1, -0.05) is 13.8 Å². The lowest BCUT2D eigenvalue weighted by Gasteiger charge is -2.64. The van der Waals surface area contributed by atoms with Gasteiger partial charge in [-0.15, -0.1) is 0 Å². The normalized spacial score (nSPS) is 54.4. The number of carbonyl (C=O) groups excluding carboxylic acids is 1. The molecule has 0 aromatic heterocycles. The summed E-state index contributed by atoms with van der Waals surface area (Å²) in [5, 5.41) is 64.5. The zero-order valence-corrected chi connectivity index (χ0v) is 29.1. The molecule has 3 heterocycles. The molecule has 13 nitrogen and oxygen atoms in total. The Morgan fingerprint density at radius 1 is 0.857 bits per heavy atom. The molecule has 4 aliphatic carbocycles. The van der Waals surface area contributed by atoms with Crippen molar-refractivity contribution in [2.75, 3.05) is 20.3 Å². The molecular formula is C36H56O13. The van der Waals surface area contributed by atoms with Crippen LogP contribution < -0.4 is 0 Å². The van der Waals surface area contributed by atoms with Crippen molar-refractivity contribution in [1.82, 2.24) is 0 Å². The van der Waals surface area contributed by atoms with Crippen molar-refractivity contribution in [2.45, 2.75) is 152 Å². The molecule has 0 amide bonds. The minimum atomic E-state index is -1.63. The van der Waals surface area contributed by atoms with E-state index < -0.39 is 73.6 Å². The molecule has 3 aliphatic heterocycles. The number of aliphatic hydroxyl groups excluding tert-OH is 5. The molecule has 0 aromatic carbocycles. The SMILES string of the molecule is CO[C@@H]1[C@@H](O)[C@@H](C)O[C@@H](OC2CC[C@]3(C)C4CC[C@]5(C)C(C6=CC(=O)OC6)CC[C@]5(O)C4CC[C@@H]3C2)[C@@H]1O[C@H]1O[C@H](CO)[C@@H](O)[C@@H](O)[C@H]1O. The van der Waals surface area contributed by atoms with Crippen molar-refractivity contribution in [2.24, 2.45) is 34.5 Å². The van der Waals surface area contributed by atoms with Crippen molar-refractivity contribution in [3.63, 3.8) is 0 Å². The number of carbonyl (C=O) groups is 1. The van der Waals surface area contributed by atoms with Gasteiger partial charge in [0.15, 0.2) is 12.6 Å². The highest BCUT2D eigenvalue weighted by Crippen LogP contribution is 2.70. The maximum Gasteiger partial charge on any atom is 0.331 e. The van der Waals surface area contributed by atoms with Crippen LogP contribution in [0.15, 0.2) is 11.6 Å². The molecule has 0 bridgehead atoms. The predicted octanol–water partition coefficient (Wildman–Crippen LogP) is 0.934. The smallest absolute Gasteiger partial charge is 0.331 e. The van der Waals surface area contributed by atoms with Gasteiger partial charge in [0.25, 0.3) is 0 Å². The van der Waals surface area contributed by atoms with Crippen molar-refractivity contribution >= 4 is 5.97 Å². The monoisotopic (exact) mass is 696 g/mol. The van der Waals surface area contributed by atoms with Crippen molar-refractivity contribution in [1.29, 1.82) is 0 Å². The number of cyclic esters (lactones) is 1. The number of esters is 1. The fourth-order valence-electron chi connectivity index (χ4n) is 11.5. The van der Waals surface area contributed by atoms with Crippen LogP contribution in [0.25, 0.3) is 0 Å². The Bertz CT molecular complexity index is 1260. The molecule has 0 aromatic rings. The topological polar surface area (TPSA) is 194 Å². The Morgan fingerprint density at radius 2 is 1.63 bits per heavy atom. The first-order valence-electron chi connectivity index (χ1n) is 18.3. The van der Waals surface area contributed by atoms with E-state index in [0.29, 0.717) is 18.4 Å². The summed E-state index contributed by atoms with van der Waals surface area (Å²) in [5.41, 5.74) is -0.00574. The number of hydrogen-bond acceptors (Lipinski definition) is 13. The summed E-state index contributed by atoms with van der Waals surface area (Å²) in [6.45, 7) is 6.10. The summed E-state index contributed by atoms with van der Waals surface area (Å²) in [7, 11) is 1.44. The van der Waals surface area contributed by atoms with Gasteiger partial charge in [0.2, 0.25) is 0 Å². The Labute approximate surface area is 287 Å². The van der Waals surface area contributed by atoms with Gasteiger partial charge >= 0.3 is 5.97 Å². The van der Waals surface area contributed by atoms with Crippen LogP contribution in [0.1, 0.15) is 78.6 Å². The summed E-state index contributed by atoms with van der Waals surface area (Å²) in [6.07, 6.45) is -2.68. The van der Waals surface area contributed by atoms with Gasteiger partial charge in [-0.25, -0.2) is 4.79 Å². The summed E-state index contributed by atoms with van der Waals surface area (Å²) >= 11 is 0. The molecule has 7 rings (SSSR count). The van der Waals surface area contributed by atoms with E-state index in [1.165, 1.54) is 7.11 Å². The zero-order valence-electron chi connectivity index (χ0n) is 29.1. The molecule has 2 saturated heterocycles. The van der Waals surface area contributed by atoms with Crippen LogP contribution >= 0.6 is 0 Å². The van der Waals surface area contributed by atoms with E-state index in [4.69, 9.17) is 28.4 Å². The Kier molecular flexibility index (Phi) is 9.82. The molecule has 6 N–H and O–H groups in total. The first-order chi connectivity index (χ1) is 23.3. The standard InChI is InChI=1S/C36H56O13/c1-17-26(39)30(44-4)31(49-32-29(42)28(41)27(40)24(15-37)48-32)33(46-17)47-20-7-10-34(2)19(14-20)5-6-23-22(34)8-11-35(3)21(9-12-36(23,35)43)18-13-25(38)45-16-18/h13,17,19-24,26-33,37,39-43H,5-12,14-16H2,1-4H3/t17-,19-,20?,21?,22?,23?,24-,26+,27-,28-,29-,30-,31-,32-,33+,34+,35-,36+/m1/s1. The quantitative estimate of drug-likeness (QED) is 0.163. The number of rotatable bonds is 7. The fraction of sp³-hybridized carbons (Fsp3) is 0.917. The highest BCUT2D eigenvalue weighted by molar-refractivity contribution is 5.85. The van der Waals surface area contributed by atoms with Crippen molar-refractivity contribution in [3.05, 3.63) is 11.6 Å². The van der Waals surface area contributed by atoms with E-state index in [9.17, 15) is 35.4 Å². The second-order valence-corrected chi connectivity index (χ2v) is 16.5. The van der Waals surface area contributed by atoms with E-state index in [1.54, 1.807) is 13.0 Å². The molecule has 18 atom stereocenters. The highest BCUT2D eigenvalue weighted by atomic mass is 16.8. The van der Waals surface area contributed by atoms with Gasteiger partial charge in [-0.2, -0.15) is 0 Å². The third kappa shape index (κ3) is 5.74. The third-order valence-electron chi connectivity index (χ3n) is 14.4. The van der Waals surface area contributed by atoms with Gasteiger partial charge in [0, 0.05) is 18.6 Å². The van der Waals surface area contributed by atoms with Gasteiger partial charge in [0.05, 0.1) is 24.4 Å². The maximum absolute atomic E-state index is 12.6. The minimum Gasteiger partial charge on any atom is -0.458 e. The molecule has 278 valence electrons. The van der Waals surface area contributed by atoms with E-state index in [-0.39, 0.29) is 34.7 Å². The van der Waals surface area contributed by atoms with Crippen LogP contribution in [0.3, 0.4) is 0 Å². The second kappa shape index (κ2) is 13.3.